The number of hydrogen-bond donors (Lipinski definition) is 0. The van der Waals surface area contributed by atoms with Gasteiger partial charge in [-0.15, -0.1) is 11.3 Å². The number of piperazine rings is 1. The topological polar surface area (TPSA) is 72.0 Å². The Kier molecular flexibility index (Phi) is 7.04. The van der Waals surface area contributed by atoms with Crippen molar-refractivity contribution >= 4 is 42.4 Å². The van der Waals surface area contributed by atoms with Gasteiger partial charge < -0.3 is 14.4 Å². The molecule has 0 unspecified atom stereocenters. The van der Waals surface area contributed by atoms with E-state index in [1.165, 1.54) is 30.2 Å². The average molecular weight is 538 g/mol. The van der Waals surface area contributed by atoms with Gasteiger partial charge in [0.2, 0.25) is 10.0 Å². The standard InChI is InChI=1S/C22H24BrN3O4S2/c1-29-19-6-7-20(30-2)21(14-19)32(27,28)26-10-8-25(9-11-26)22-24-18(15-31-22)13-16-4-3-5-17(23)12-16/h3-7,12,14-15H,8-11,13H2,1-2H3. The first-order valence-corrected chi connectivity index (χ1v) is 13.2. The van der Waals surface area contributed by atoms with E-state index in [0.717, 1.165) is 21.7 Å². The van der Waals surface area contributed by atoms with Gasteiger partial charge in [-0.25, -0.2) is 13.4 Å². The minimum absolute atomic E-state index is 0.123. The number of benzene rings is 2. The van der Waals surface area contributed by atoms with Crippen LogP contribution in [0, 0.1) is 0 Å². The quantitative estimate of drug-likeness (QED) is 0.453. The van der Waals surface area contributed by atoms with Crippen LogP contribution in [-0.4, -0.2) is 58.1 Å². The van der Waals surface area contributed by atoms with E-state index in [4.69, 9.17) is 14.5 Å². The van der Waals surface area contributed by atoms with Crippen LogP contribution in [0.15, 0.2) is 57.2 Å². The fraction of sp³-hybridized carbons (Fsp3) is 0.318. The van der Waals surface area contributed by atoms with E-state index in [2.05, 4.69) is 38.3 Å². The van der Waals surface area contributed by atoms with Crippen molar-refractivity contribution in [2.75, 3.05) is 45.3 Å². The minimum atomic E-state index is -3.70. The van der Waals surface area contributed by atoms with Gasteiger partial charge in [-0.05, 0) is 29.8 Å². The SMILES string of the molecule is COc1ccc(OC)c(S(=O)(=O)N2CCN(c3nc(Cc4cccc(Br)c4)cs3)CC2)c1. The molecular formula is C22H24BrN3O4S2. The molecule has 4 rings (SSSR count). The molecule has 32 heavy (non-hydrogen) atoms. The molecule has 3 aromatic rings. The third kappa shape index (κ3) is 4.93. The number of anilines is 1. The smallest absolute Gasteiger partial charge is 0.247 e. The molecule has 1 saturated heterocycles. The van der Waals surface area contributed by atoms with Crippen molar-refractivity contribution in [3.05, 3.63) is 63.6 Å². The van der Waals surface area contributed by atoms with Gasteiger partial charge in [-0.2, -0.15) is 4.31 Å². The maximum absolute atomic E-state index is 13.3. The van der Waals surface area contributed by atoms with Crippen molar-refractivity contribution in [3.63, 3.8) is 0 Å². The summed E-state index contributed by atoms with van der Waals surface area (Å²) in [4.78, 5) is 7.05. The lowest BCUT2D eigenvalue weighted by molar-refractivity contribution is 0.370. The molecule has 2 heterocycles. The summed E-state index contributed by atoms with van der Waals surface area (Å²) < 4.78 is 39.6. The van der Waals surface area contributed by atoms with E-state index < -0.39 is 10.0 Å². The zero-order valence-corrected chi connectivity index (χ0v) is 21.0. The third-order valence-electron chi connectivity index (χ3n) is 5.31. The molecule has 0 N–H and O–H groups in total. The van der Waals surface area contributed by atoms with Crippen LogP contribution < -0.4 is 14.4 Å². The molecule has 1 aliphatic heterocycles. The second-order valence-corrected chi connectivity index (χ2v) is 11.0. The molecular weight excluding hydrogens is 514 g/mol. The lowest BCUT2D eigenvalue weighted by Crippen LogP contribution is -2.48. The summed E-state index contributed by atoms with van der Waals surface area (Å²) in [5, 5.41) is 2.99. The first-order valence-electron chi connectivity index (χ1n) is 10.1. The summed E-state index contributed by atoms with van der Waals surface area (Å²) in [5.74, 6) is 0.786. The van der Waals surface area contributed by atoms with Crippen LogP contribution in [0.5, 0.6) is 11.5 Å². The van der Waals surface area contributed by atoms with E-state index >= 15 is 0 Å². The third-order valence-corrected chi connectivity index (χ3v) is 8.67. The van der Waals surface area contributed by atoms with Crippen LogP contribution in [0.2, 0.25) is 0 Å². The number of nitrogens with zero attached hydrogens (tertiary/aromatic N) is 3. The number of thiazole rings is 1. The number of hydrogen-bond acceptors (Lipinski definition) is 7. The normalized spacial score (nSPS) is 15.0. The molecule has 2 aromatic carbocycles. The van der Waals surface area contributed by atoms with Gasteiger partial charge in [-0.3, -0.25) is 0 Å². The fourth-order valence-electron chi connectivity index (χ4n) is 3.62. The first kappa shape index (κ1) is 23.0. The van der Waals surface area contributed by atoms with Gasteiger partial charge in [0.15, 0.2) is 5.13 Å². The van der Waals surface area contributed by atoms with Crippen LogP contribution in [0.1, 0.15) is 11.3 Å². The van der Waals surface area contributed by atoms with Crippen molar-refractivity contribution in [2.45, 2.75) is 11.3 Å². The van der Waals surface area contributed by atoms with E-state index in [9.17, 15) is 8.42 Å². The molecule has 170 valence electrons. The average Bonchev–Trinajstić information content (AvgIpc) is 3.27. The summed E-state index contributed by atoms with van der Waals surface area (Å²) in [6.07, 6.45) is 0.764. The predicted octanol–water partition coefficient (Wildman–Crippen LogP) is 4.02. The molecule has 0 spiro atoms. The Balaban J connectivity index is 1.44. The predicted molar refractivity (Wildman–Crippen MR) is 130 cm³/mol. The summed E-state index contributed by atoms with van der Waals surface area (Å²) in [5.41, 5.74) is 2.21. The Morgan fingerprint density at radius 1 is 1.06 bits per heavy atom. The molecule has 1 aromatic heterocycles. The van der Waals surface area contributed by atoms with Crippen molar-refractivity contribution in [1.29, 1.82) is 0 Å². The van der Waals surface area contributed by atoms with Crippen LogP contribution >= 0.6 is 27.3 Å². The molecule has 10 heteroatoms. The highest BCUT2D eigenvalue weighted by molar-refractivity contribution is 9.10. The van der Waals surface area contributed by atoms with E-state index in [0.29, 0.717) is 37.7 Å². The number of rotatable bonds is 7. The van der Waals surface area contributed by atoms with Crippen molar-refractivity contribution in [3.8, 4) is 11.5 Å². The molecule has 1 aliphatic rings. The van der Waals surface area contributed by atoms with Gasteiger partial charge in [0.1, 0.15) is 16.4 Å². The molecule has 1 fully saturated rings. The zero-order chi connectivity index (χ0) is 22.7. The second-order valence-electron chi connectivity index (χ2n) is 7.34. The van der Waals surface area contributed by atoms with Gasteiger partial charge >= 0.3 is 0 Å². The van der Waals surface area contributed by atoms with Crippen LogP contribution in [-0.2, 0) is 16.4 Å². The monoisotopic (exact) mass is 537 g/mol. The maximum Gasteiger partial charge on any atom is 0.247 e. The largest absolute Gasteiger partial charge is 0.497 e. The van der Waals surface area contributed by atoms with E-state index in [-0.39, 0.29) is 4.90 Å². The Morgan fingerprint density at radius 3 is 2.53 bits per heavy atom. The highest BCUT2D eigenvalue weighted by Crippen LogP contribution is 2.32. The zero-order valence-electron chi connectivity index (χ0n) is 17.8. The lowest BCUT2D eigenvalue weighted by atomic mass is 10.1. The van der Waals surface area contributed by atoms with Gasteiger partial charge in [0, 0.05) is 48.5 Å². The summed E-state index contributed by atoms with van der Waals surface area (Å²) in [7, 11) is -0.727. The maximum atomic E-state index is 13.3. The van der Waals surface area contributed by atoms with Crippen molar-refractivity contribution < 1.29 is 17.9 Å². The Hall–Kier alpha value is -2.14. The number of sulfonamides is 1. The number of ether oxygens (including phenoxy) is 2. The Labute approximate surface area is 200 Å². The molecule has 0 radical (unpaired) electrons. The number of methoxy groups -OCH3 is 2. The summed E-state index contributed by atoms with van der Waals surface area (Å²) >= 11 is 5.10. The van der Waals surface area contributed by atoms with Crippen molar-refractivity contribution in [1.82, 2.24) is 9.29 Å². The van der Waals surface area contributed by atoms with E-state index in [1.54, 1.807) is 23.5 Å². The minimum Gasteiger partial charge on any atom is -0.497 e. The molecule has 0 bridgehead atoms. The molecule has 0 amide bonds. The first-order chi connectivity index (χ1) is 15.4. The van der Waals surface area contributed by atoms with Crippen molar-refractivity contribution in [2.24, 2.45) is 0 Å². The number of halogens is 1. The Morgan fingerprint density at radius 2 is 1.84 bits per heavy atom. The highest BCUT2D eigenvalue weighted by atomic mass is 79.9. The molecule has 0 saturated carbocycles. The van der Waals surface area contributed by atoms with Gasteiger partial charge in [-0.1, -0.05) is 28.1 Å². The van der Waals surface area contributed by atoms with Gasteiger partial charge in [0.25, 0.3) is 0 Å². The van der Waals surface area contributed by atoms with Crippen LogP contribution in [0.3, 0.4) is 0 Å². The molecule has 7 nitrogen and oxygen atoms in total. The lowest BCUT2D eigenvalue weighted by Gasteiger charge is -2.34. The second kappa shape index (κ2) is 9.78. The van der Waals surface area contributed by atoms with Crippen LogP contribution in [0.4, 0.5) is 5.13 Å². The summed E-state index contributed by atoms with van der Waals surface area (Å²) in [6, 6.07) is 13.0. The summed E-state index contributed by atoms with van der Waals surface area (Å²) in [6.45, 7) is 1.91. The highest BCUT2D eigenvalue weighted by Gasteiger charge is 2.32. The van der Waals surface area contributed by atoms with Crippen LogP contribution in [0.25, 0.3) is 0 Å². The Bertz CT molecular complexity index is 1190. The van der Waals surface area contributed by atoms with E-state index in [1.807, 2.05) is 12.1 Å². The number of aromatic nitrogens is 1. The molecule has 0 aliphatic carbocycles. The van der Waals surface area contributed by atoms with Gasteiger partial charge in [0.05, 0.1) is 19.9 Å². The fourth-order valence-corrected chi connectivity index (χ4v) is 6.54. The molecule has 0 atom stereocenters.